The van der Waals surface area contributed by atoms with E-state index in [1.807, 2.05) is 12.1 Å². The van der Waals surface area contributed by atoms with Crippen molar-refractivity contribution in [3.63, 3.8) is 0 Å². The molecule has 26 heavy (non-hydrogen) atoms. The molecule has 0 bridgehead atoms. The molecule has 4 nitrogen and oxygen atoms in total. The largest absolute Gasteiger partial charge is 0.356 e. The molecule has 144 valence electrons. The summed E-state index contributed by atoms with van der Waals surface area (Å²) in [6.07, 6.45) is 7.40. The standard InChI is InChI=1S/C21H30N2O2.ClH/c1-21(10-12-22-13-11-21)15-23-20(25)9-8-19(24)18-7-6-16-4-2-3-5-17(16)14-18;/h6-7,14,22H,2-5,8-13,15H2,1H3,(H,23,25);1H. The number of fused-ring (bicyclic) bond motifs is 1. The van der Waals surface area contributed by atoms with E-state index in [-0.39, 0.29) is 35.9 Å². The molecule has 0 unspecified atom stereocenters. The lowest BCUT2D eigenvalue weighted by molar-refractivity contribution is -0.121. The molecule has 1 aliphatic carbocycles. The second kappa shape index (κ2) is 9.52. The zero-order valence-electron chi connectivity index (χ0n) is 15.7. The Morgan fingerprint density at radius 1 is 1.08 bits per heavy atom. The predicted molar refractivity (Wildman–Crippen MR) is 107 cm³/mol. The highest BCUT2D eigenvalue weighted by atomic mass is 35.5. The number of halogens is 1. The van der Waals surface area contributed by atoms with Gasteiger partial charge < -0.3 is 10.6 Å². The number of ketones is 1. The zero-order chi connectivity index (χ0) is 17.7. The monoisotopic (exact) mass is 378 g/mol. The number of nitrogens with one attached hydrogen (secondary N) is 2. The highest BCUT2D eigenvalue weighted by molar-refractivity contribution is 5.98. The minimum Gasteiger partial charge on any atom is -0.356 e. The van der Waals surface area contributed by atoms with Gasteiger partial charge in [0.25, 0.3) is 0 Å². The van der Waals surface area contributed by atoms with Crippen LogP contribution in [0.5, 0.6) is 0 Å². The van der Waals surface area contributed by atoms with Crippen molar-refractivity contribution in [3.8, 4) is 0 Å². The summed E-state index contributed by atoms with van der Waals surface area (Å²) in [7, 11) is 0. The first-order valence-corrected chi connectivity index (χ1v) is 9.68. The van der Waals surface area contributed by atoms with Gasteiger partial charge in [-0.1, -0.05) is 19.1 Å². The molecule has 0 aromatic heterocycles. The highest BCUT2D eigenvalue weighted by Gasteiger charge is 2.27. The number of hydrogen-bond acceptors (Lipinski definition) is 3. The van der Waals surface area contributed by atoms with Crippen molar-refractivity contribution >= 4 is 24.1 Å². The second-order valence-electron chi connectivity index (χ2n) is 7.95. The van der Waals surface area contributed by atoms with Crippen LogP contribution in [0.1, 0.15) is 66.9 Å². The SMILES string of the molecule is CC1(CNC(=O)CCC(=O)c2ccc3c(c2)CCCC3)CCNCC1.Cl. The molecule has 1 heterocycles. The average Bonchev–Trinajstić information content (AvgIpc) is 2.64. The number of carbonyl (C=O) groups is 2. The minimum absolute atomic E-state index is 0. The Bertz CT molecular complexity index is 639. The predicted octanol–water partition coefficient (Wildman–Crippen LogP) is 3.46. The number of benzene rings is 1. The molecule has 1 amide bonds. The van der Waals surface area contributed by atoms with Gasteiger partial charge in [-0.2, -0.15) is 0 Å². The third-order valence-electron chi connectivity index (χ3n) is 5.77. The Balaban J connectivity index is 0.00000243. The van der Waals surface area contributed by atoms with Crippen molar-refractivity contribution in [3.05, 3.63) is 34.9 Å². The number of rotatable bonds is 6. The molecular weight excluding hydrogens is 348 g/mol. The van der Waals surface area contributed by atoms with Crippen LogP contribution in [-0.2, 0) is 17.6 Å². The van der Waals surface area contributed by atoms with E-state index in [2.05, 4.69) is 23.6 Å². The lowest BCUT2D eigenvalue weighted by Gasteiger charge is -2.34. The summed E-state index contributed by atoms with van der Waals surface area (Å²) in [5, 5.41) is 6.38. The van der Waals surface area contributed by atoms with Gasteiger partial charge in [-0.05, 0) is 74.2 Å². The summed E-state index contributed by atoms with van der Waals surface area (Å²) in [5.74, 6) is 0.0719. The smallest absolute Gasteiger partial charge is 0.220 e. The van der Waals surface area contributed by atoms with E-state index in [0.717, 1.165) is 44.3 Å². The zero-order valence-corrected chi connectivity index (χ0v) is 16.6. The fourth-order valence-electron chi connectivity index (χ4n) is 3.89. The molecular formula is C21H31ClN2O2. The van der Waals surface area contributed by atoms with Gasteiger partial charge in [0.05, 0.1) is 0 Å². The van der Waals surface area contributed by atoms with Crippen molar-refractivity contribution in [2.24, 2.45) is 5.41 Å². The van der Waals surface area contributed by atoms with Crippen LogP contribution >= 0.6 is 12.4 Å². The fraction of sp³-hybridized carbons (Fsp3) is 0.619. The van der Waals surface area contributed by atoms with Crippen molar-refractivity contribution in [2.75, 3.05) is 19.6 Å². The maximum absolute atomic E-state index is 12.4. The first kappa shape index (κ1) is 20.9. The summed E-state index contributed by atoms with van der Waals surface area (Å²) in [6, 6.07) is 6.07. The molecule has 2 aliphatic rings. The molecule has 2 N–H and O–H groups in total. The van der Waals surface area contributed by atoms with E-state index < -0.39 is 0 Å². The summed E-state index contributed by atoms with van der Waals surface area (Å²) < 4.78 is 0. The van der Waals surface area contributed by atoms with Gasteiger partial charge in [0.1, 0.15) is 0 Å². The summed E-state index contributed by atoms with van der Waals surface area (Å²) >= 11 is 0. The Kier molecular flexibility index (Phi) is 7.66. The van der Waals surface area contributed by atoms with Gasteiger partial charge in [-0.15, -0.1) is 12.4 Å². The first-order chi connectivity index (χ1) is 12.1. The summed E-state index contributed by atoms with van der Waals surface area (Å²) in [4.78, 5) is 24.5. The van der Waals surface area contributed by atoms with Crippen LogP contribution in [0.25, 0.3) is 0 Å². The van der Waals surface area contributed by atoms with Crippen LogP contribution in [0.15, 0.2) is 18.2 Å². The number of Topliss-reactive ketones (excluding diaryl/α,β-unsaturated/α-hetero) is 1. The van der Waals surface area contributed by atoms with Gasteiger partial charge in [-0.25, -0.2) is 0 Å². The minimum atomic E-state index is -0.00827. The van der Waals surface area contributed by atoms with E-state index in [1.54, 1.807) is 0 Å². The quantitative estimate of drug-likeness (QED) is 0.745. The number of carbonyl (C=O) groups excluding carboxylic acids is 2. The van der Waals surface area contributed by atoms with Crippen LogP contribution in [-0.4, -0.2) is 31.3 Å². The lowest BCUT2D eigenvalue weighted by atomic mass is 9.81. The molecule has 5 heteroatoms. The van der Waals surface area contributed by atoms with E-state index in [0.29, 0.717) is 13.0 Å². The Hall–Kier alpha value is -1.39. The van der Waals surface area contributed by atoms with E-state index >= 15 is 0 Å². The molecule has 1 saturated heterocycles. The Morgan fingerprint density at radius 2 is 1.77 bits per heavy atom. The number of aryl methyl sites for hydroxylation is 2. The van der Waals surface area contributed by atoms with Crippen LogP contribution in [0.2, 0.25) is 0 Å². The van der Waals surface area contributed by atoms with Crippen molar-refractivity contribution in [1.82, 2.24) is 10.6 Å². The Labute approximate surface area is 162 Å². The molecule has 1 aromatic carbocycles. The summed E-state index contributed by atoms with van der Waals surface area (Å²) in [5.41, 5.74) is 3.65. The van der Waals surface area contributed by atoms with Gasteiger partial charge in [0, 0.05) is 24.9 Å². The van der Waals surface area contributed by atoms with Crippen LogP contribution in [0.3, 0.4) is 0 Å². The number of hydrogen-bond donors (Lipinski definition) is 2. The maximum atomic E-state index is 12.4. The van der Waals surface area contributed by atoms with Crippen molar-refractivity contribution in [2.45, 2.75) is 58.3 Å². The molecule has 1 fully saturated rings. The first-order valence-electron chi connectivity index (χ1n) is 9.68. The highest BCUT2D eigenvalue weighted by Crippen LogP contribution is 2.26. The third-order valence-corrected chi connectivity index (χ3v) is 5.77. The van der Waals surface area contributed by atoms with Gasteiger partial charge in [-0.3, -0.25) is 9.59 Å². The molecule has 0 spiro atoms. The second-order valence-corrected chi connectivity index (χ2v) is 7.95. The van der Waals surface area contributed by atoms with Crippen LogP contribution < -0.4 is 10.6 Å². The Morgan fingerprint density at radius 3 is 2.50 bits per heavy atom. The van der Waals surface area contributed by atoms with Gasteiger partial charge in [0.2, 0.25) is 5.91 Å². The number of amides is 1. The van der Waals surface area contributed by atoms with Crippen LogP contribution in [0, 0.1) is 5.41 Å². The van der Waals surface area contributed by atoms with Gasteiger partial charge >= 0.3 is 0 Å². The average molecular weight is 379 g/mol. The topological polar surface area (TPSA) is 58.2 Å². The van der Waals surface area contributed by atoms with Gasteiger partial charge in [0.15, 0.2) is 5.78 Å². The summed E-state index contributed by atoms with van der Waals surface area (Å²) in [6.45, 7) is 4.97. The van der Waals surface area contributed by atoms with E-state index in [1.165, 1.54) is 24.0 Å². The molecule has 0 saturated carbocycles. The van der Waals surface area contributed by atoms with Crippen LogP contribution in [0.4, 0.5) is 0 Å². The molecule has 1 aromatic rings. The van der Waals surface area contributed by atoms with E-state index in [9.17, 15) is 9.59 Å². The van der Waals surface area contributed by atoms with Crippen molar-refractivity contribution < 1.29 is 9.59 Å². The molecule has 1 aliphatic heterocycles. The molecule has 0 atom stereocenters. The normalized spacial score (nSPS) is 18.3. The maximum Gasteiger partial charge on any atom is 0.220 e. The van der Waals surface area contributed by atoms with Crippen molar-refractivity contribution in [1.29, 1.82) is 0 Å². The molecule has 3 rings (SSSR count). The van der Waals surface area contributed by atoms with E-state index in [4.69, 9.17) is 0 Å². The lowest BCUT2D eigenvalue weighted by Crippen LogP contribution is -2.42. The molecule has 0 radical (unpaired) electrons. The fourth-order valence-corrected chi connectivity index (χ4v) is 3.89. The third kappa shape index (κ3) is 5.55. The number of piperidine rings is 1.